The number of hydrogen-bond acceptors (Lipinski definition) is 10. The first kappa shape index (κ1) is 29.6. The van der Waals surface area contributed by atoms with Crippen LogP contribution >= 0.6 is 0 Å². The van der Waals surface area contributed by atoms with Crippen LogP contribution in [0.5, 0.6) is 0 Å². The molecule has 0 saturated heterocycles. The van der Waals surface area contributed by atoms with Crippen molar-refractivity contribution in [2.24, 2.45) is 10.2 Å². The number of azo groups is 1. The second-order valence-electron chi connectivity index (χ2n) is 9.25. The van der Waals surface area contributed by atoms with Crippen LogP contribution < -0.4 is 5.32 Å². The normalized spacial score (nSPS) is 24.7. The number of rotatable bonds is 7. The van der Waals surface area contributed by atoms with Gasteiger partial charge >= 0.3 is 25.2 Å². The van der Waals surface area contributed by atoms with Gasteiger partial charge in [0.25, 0.3) is 15.0 Å². The van der Waals surface area contributed by atoms with Gasteiger partial charge in [0, 0.05) is 11.8 Å². The Bertz CT molecular complexity index is 2000. The first-order chi connectivity index (χ1) is 19.7. The minimum Gasteiger partial charge on any atom is -0.284 e. The fourth-order valence-corrected chi connectivity index (χ4v) is 8.81. The molecule has 1 aliphatic heterocycles. The largest absolute Gasteiger partial charge is 0.313 e. The summed E-state index contributed by atoms with van der Waals surface area (Å²) < 4.78 is 113. The predicted molar refractivity (Wildman–Crippen MR) is 150 cm³/mol. The van der Waals surface area contributed by atoms with Gasteiger partial charge in [-0.25, -0.2) is 5.32 Å². The molecule has 5 rings (SSSR count). The third-order valence-electron chi connectivity index (χ3n) is 6.85. The lowest BCUT2D eigenvalue weighted by atomic mass is 9.90. The molecule has 4 aromatic rings. The molecule has 0 fully saturated rings. The molecule has 42 heavy (non-hydrogen) atoms. The molecule has 4 N–H and O–H groups in total. The summed E-state index contributed by atoms with van der Waals surface area (Å²) in [5, 5.41) is 9.50. The Morgan fingerprint density at radius 2 is 1.10 bits per heavy atom. The number of pyridine rings is 1. The van der Waals surface area contributed by atoms with E-state index in [9.17, 15) is 38.9 Å². The van der Waals surface area contributed by atoms with Crippen molar-refractivity contribution in [2.45, 2.75) is 14.7 Å². The van der Waals surface area contributed by atoms with E-state index in [1.807, 2.05) is 0 Å². The van der Waals surface area contributed by atoms with Gasteiger partial charge in [-0.1, -0.05) is 91.0 Å². The Hall–Kier alpha value is -3.90. The van der Waals surface area contributed by atoms with E-state index in [4.69, 9.17) is 0 Å². The van der Waals surface area contributed by atoms with Crippen molar-refractivity contribution in [3.05, 3.63) is 126 Å². The van der Waals surface area contributed by atoms with Crippen LogP contribution in [0.2, 0.25) is 0 Å². The zero-order valence-electron chi connectivity index (χ0n) is 21.2. The Balaban J connectivity index is 1.98. The average Bonchev–Trinajstić information content (AvgIpc) is 2.96. The molecular weight excluding hydrogens is 609 g/mol. The zero-order chi connectivity index (χ0) is 30.4. The highest BCUT2D eigenvalue weighted by Crippen LogP contribution is 2.56. The van der Waals surface area contributed by atoms with Crippen molar-refractivity contribution < 1.29 is 38.9 Å². The molecule has 218 valence electrons. The molecule has 0 saturated carbocycles. The Kier molecular flexibility index (Phi) is 7.13. The van der Waals surface area contributed by atoms with Gasteiger partial charge in [0.1, 0.15) is 5.69 Å². The molecule has 3 atom stereocenters. The standard InChI is InChI=1S/C26H22N4O9S3/c31-40(32,33)24(21-12-6-2-7-13-21)25(41(34,35)36,22-14-8-3-9-15-22)29-30-26(28-24,42(37,38)39)23-18-20(16-17-27-23)19-10-4-1-5-11-19/h1-18,28H,(H,31,32,33)(H,34,35,36)(H,37,38,39). The second-order valence-corrected chi connectivity index (χ2v) is 13.9. The fraction of sp³-hybridized carbons (Fsp3) is 0.115. The summed E-state index contributed by atoms with van der Waals surface area (Å²) in [6.45, 7) is 0. The third-order valence-corrected chi connectivity index (χ3v) is 10.9. The molecule has 16 heteroatoms. The van der Waals surface area contributed by atoms with Gasteiger partial charge in [0.15, 0.2) is 0 Å². The third kappa shape index (κ3) is 4.35. The van der Waals surface area contributed by atoms with E-state index in [0.29, 0.717) is 11.1 Å². The molecule has 1 aromatic heterocycles. The predicted octanol–water partition coefficient (Wildman–Crippen LogP) is 3.28. The monoisotopic (exact) mass is 630 g/mol. The zero-order valence-corrected chi connectivity index (χ0v) is 23.7. The summed E-state index contributed by atoms with van der Waals surface area (Å²) in [6.07, 6.45) is 1.15. The summed E-state index contributed by atoms with van der Waals surface area (Å²) >= 11 is 0. The van der Waals surface area contributed by atoms with E-state index in [0.717, 1.165) is 36.5 Å². The van der Waals surface area contributed by atoms with Crippen molar-refractivity contribution in [2.75, 3.05) is 0 Å². The minimum absolute atomic E-state index is 0.354. The van der Waals surface area contributed by atoms with Gasteiger partial charge in [-0.05, 0) is 28.8 Å². The van der Waals surface area contributed by atoms with Gasteiger partial charge in [-0.15, -0.1) is 5.11 Å². The lowest BCUT2D eigenvalue weighted by molar-refractivity contribution is 0.185. The lowest BCUT2D eigenvalue weighted by Crippen LogP contribution is -2.72. The summed E-state index contributed by atoms with van der Waals surface area (Å²) in [4.78, 5) is -6.29. The summed E-state index contributed by atoms with van der Waals surface area (Å²) in [7, 11) is -17.3. The van der Waals surface area contributed by atoms with Crippen LogP contribution in [0.25, 0.3) is 11.1 Å². The number of benzene rings is 3. The maximum absolute atomic E-state index is 13.6. The number of nitrogens with zero attached hydrogens (tertiary/aromatic N) is 3. The molecule has 0 bridgehead atoms. The summed E-state index contributed by atoms with van der Waals surface area (Å²) in [5.74, 6) is 0. The molecule has 1 aliphatic rings. The van der Waals surface area contributed by atoms with Crippen LogP contribution in [0.15, 0.2) is 120 Å². The molecule has 0 amide bonds. The van der Waals surface area contributed by atoms with Gasteiger partial charge in [0.05, 0.1) is 0 Å². The van der Waals surface area contributed by atoms with E-state index in [1.165, 1.54) is 42.5 Å². The van der Waals surface area contributed by atoms with Gasteiger partial charge in [-0.3, -0.25) is 18.6 Å². The van der Waals surface area contributed by atoms with Crippen LogP contribution in [-0.2, 0) is 45.1 Å². The van der Waals surface area contributed by atoms with Crippen LogP contribution in [0.1, 0.15) is 16.8 Å². The van der Waals surface area contributed by atoms with Crippen molar-refractivity contribution in [3.8, 4) is 11.1 Å². The Morgan fingerprint density at radius 3 is 1.60 bits per heavy atom. The Morgan fingerprint density at radius 1 is 0.571 bits per heavy atom. The smallest absolute Gasteiger partial charge is 0.284 e. The van der Waals surface area contributed by atoms with E-state index in [-0.39, 0.29) is 0 Å². The molecule has 3 aromatic carbocycles. The van der Waals surface area contributed by atoms with E-state index in [1.54, 1.807) is 30.3 Å². The van der Waals surface area contributed by atoms with Crippen LogP contribution in [0, 0.1) is 0 Å². The van der Waals surface area contributed by atoms with E-state index in [2.05, 4.69) is 20.5 Å². The van der Waals surface area contributed by atoms with Gasteiger partial charge in [-0.2, -0.15) is 30.4 Å². The maximum Gasteiger partial charge on any atom is 0.313 e. The maximum atomic E-state index is 13.6. The second kappa shape index (κ2) is 10.1. The summed E-state index contributed by atoms with van der Waals surface area (Å²) in [6, 6.07) is 23.5. The highest BCUT2D eigenvalue weighted by molar-refractivity contribution is 7.91. The highest BCUT2D eigenvalue weighted by atomic mass is 32.2. The van der Waals surface area contributed by atoms with Crippen LogP contribution in [0.4, 0.5) is 0 Å². The van der Waals surface area contributed by atoms with Gasteiger partial charge in [0.2, 0.25) is 4.87 Å². The van der Waals surface area contributed by atoms with Crippen molar-refractivity contribution in [1.29, 1.82) is 0 Å². The highest BCUT2D eigenvalue weighted by Gasteiger charge is 2.76. The topological polar surface area (TPSA) is 213 Å². The lowest BCUT2D eigenvalue weighted by Gasteiger charge is -2.49. The molecule has 2 heterocycles. The first-order valence-electron chi connectivity index (χ1n) is 12.0. The van der Waals surface area contributed by atoms with Crippen molar-refractivity contribution in [3.63, 3.8) is 0 Å². The first-order valence-corrected chi connectivity index (χ1v) is 16.3. The minimum atomic E-state index is -5.89. The van der Waals surface area contributed by atoms with Crippen molar-refractivity contribution >= 4 is 30.4 Å². The SMILES string of the molecule is O=S(=O)(O)C1(c2cc(-c3ccccc3)ccn2)N=NC(c2ccccc2)(S(=O)(=O)O)C(c2ccccc2)(S(=O)(=O)O)N1. The number of hydrogen-bond donors (Lipinski definition) is 4. The summed E-state index contributed by atoms with van der Waals surface area (Å²) in [5.41, 5.74) is -0.788. The van der Waals surface area contributed by atoms with Crippen molar-refractivity contribution in [1.82, 2.24) is 10.3 Å². The molecule has 0 spiro atoms. The molecular formula is C26H22N4O9S3. The van der Waals surface area contributed by atoms with Crippen LogP contribution in [-0.4, -0.2) is 43.9 Å². The van der Waals surface area contributed by atoms with E-state index >= 15 is 0 Å². The Labute approximate surface area is 241 Å². The molecule has 0 aliphatic carbocycles. The molecule has 3 unspecified atom stereocenters. The average molecular weight is 631 g/mol. The molecule has 13 nitrogen and oxygen atoms in total. The fourth-order valence-electron chi connectivity index (χ4n) is 4.99. The van der Waals surface area contributed by atoms with E-state index < -0.39 is 61.9 Å². The molecule has 0 radical (unpaired) electrons. The number of aromatic nitrogens is 1. The number of nitrogens with one attached hydrogen (secondary N) is 1. The quantitative estimate of drug-likeness (QED) is 0.217. The van der Waals surface area contributed by atoms with Gasteiger partial charge < -0.3 is 0 Å². The van der Waals surface area contributed by atoms with Crippen LogP contribution in [0.3, 0.4) is 0 Å².